The highest BCUT2D eigenvalue weighted by molar-refractivity contribution is 5.79. The molecular formula is C12H26N2O2. The van der Waals surface area contributed by atoms with Gasteiger partial charge in [0.1, 0.15) is 0 Å². The van der Waals surface area contributed by atoms with E-state index in [2.05, 4.69) is 19.2 Å². The molecule has 0 aromatic rings. The molecular weight excluding hydrogens is 204 g/mol. The second-order valence-corrected chi connectivity index (χ2v) is 5.10. The van der Waals surface area contributed by atoms with Crippen LogP contribution in [0.1, 0.15) is 34.1 Å². The maximum absolute atomic E-state index is 11.9. The fourth-order valence-electron chi connectivity index (χ4n) is 1.60. The monoisotopic (exact) mass is 230 g/mol. The molecule has 0 rings (SSSR count). The Morgan fingerprint density at radius 3 is 2.19 bits per heavy atom. The predicted octanol–water partition coefficient (Wildman–Crippen LogP) is 0.741. The van der Waals surface area contributed by atoms with Crippen LogP contribution in [0.25, 0.3) is 0 Å². The minimum Gasteiger partial charge on any atom is -0.394 e. The van der Waals surface area contributed by atoms with Gasteiger partial charge in [-0.2, -0.15) is 0 Å². The smallest absolute Gasteiger partial charge is 0.224 e. The molecule has 0 aliphatic rings. The highest BCUT2D eigenvalue weighted by Gasteiger charge is 2.22. The van der Waals surface area contributed by atoms with Crippen LogP contribution in [-0.4, -0.2) is 30.2 Å². The molecule has 0 bridgehead atoms. The summed E-state index contributed by atoms with van der Waals surface area (Å²) in [6, 6.07) is -0.172. The van der Waals surface area contributed by atoms with E-state index in [0.29, 0.717) is 12.5 Å². The number of nitrogens with one attached hydrogen (secondary N) is 1. The number of rotatable bonds is 7. The number of aliphatic hydroxyl groups is 1. The van der Waals surface area contributed by atoms with E-state index in [1.54, 1.807) is 0 Å². The fourth-order valence-corrected chi connectivity index (χ4v) is 1.60. The van der Waals surface area contributed by atoms with Crippen LogP contribution in [0.2, 0.25) is 0 Å². The van der Waals surface area contributed by atoms with E-state index in [0.717, 1.165) is 6.42 Å². The summed E-state index contributed by atoms with van der Waals surface area (Å²) in [6.45, 7) is 8.43. The summed E-state index contributed by atoms with van der Waals surface area (Å²) in [5.74, 6) is 0.495. The Labute approximate surface area is 98.6 Å². The van der Waals surface area contributed by atoms with Gasteiger partial charge in [-0.05, 0) is 18.3 Å². The van der Waals surface area contributed by atoms with Gasteiger partial charge in [0.15, 0.2) is 0 Å². The molecule has 0 aromatic carbocycles. The molecule has 4 nitrogen and oxygen atoms in total. The molecule has 16 heavy (non-hydrogen) atoms. The molecule has 96 valence electrons. The Bertz CT molecular complexity index is 205. The van der Waals surface area contributed by atoms with Crippen molar-refractivity contribution in [3.8, 4) is 0 Å². The van der Waals surface area contributed by atoms with Crippen LogP contribution in [0.4, 0.5) is 0 Å². The van der Waals surface area contributed by atoms with Gasteiger partial charge in [-0.1, -0.05) is 27.7 Å². The van der Waals surface area contributed by atoms with Gasteiger partial charge >= 0.3 is 0 Å². The number of aliphatic hydroxyl groups excluding tert-OH is 1. The van der Waals surface area contributed by atoms with Gasteiger partial charge in [-0.3, -0.25) is 4.79 Å². The Morgan fingerprint density at radius 2 is 1.88 bits per heavy atom. The number of carbonyl (C=O) groups excluding carboxylic acids is 1. The van der Waals surface area contributed by atoms with Crippen molar-refractivity contribution in [3.05, 3.63) is 0 Å². The molecule has 4 heteroatoms. The Hall–Kier alpha value is -0.610. The number of hydrogen-bond donors (Lipinski definition) is 3. The zero-order valence-electron chi connectivity index (χ0n) is 10.9. The van der Waals surface area contributed by atoms with Crippen molar-refractivity contribution in [2.75, 3.05) is 13.2 Å². The first-order valence-electron chi connectivity index (χ1n) is 6.03. The number of hydrogen-bond acceptors (Lipinski definition) is 3. The lowest BCUT2D eigenvalue weighted by Crippen LogP contribution is -2.45. The first-order chi connectivity index (χ1) is 7.42. The lowest BCUT2D eigenvalue weighted by Gasteiger charge is -2.24. The standard InChI is InChI=1S/C12H26N2O2/c1-8(2)5-10(6-13)12(16)14-11(7-15)9(3)4/h8-11,15H,5-7,13H2,1-4H3,(H,14,16)/t10?,11-/m1/s1. The summed E-state index contributed by atoms with van der Waals surface area (Å²) in [5.41, 5.74) is 5.59. The van der Waals surface area contributed by atoms with Crippen LogP contribution in [0, 0.1) is 17.8 Å². The first-order valence-corrected chi connectivity index (χ1v) is 6.03. The molecule has 1 unspecified atom stereocenters. The summed E-state index contributed by atoms with van der Waals surface area (Å²) in [5, 5.41) is 12.0. The van der Waals surface area contributed by atoms with Crippen LogP contribution in [-0.2, 0) is 4.79 Å². The Kier molecular flexibility index (Phi) is 7.34. The molecule has 0 fully saturated rings. The van der Waals surface area contributed by atoms with E-state index in [-0.39, 0.29) is 30.4 Å². The molecule has 0 aliphatic heterocycles. The largest absolute Gasteiger partial charge is 0.394 e. The third-order valence-electron chi connectivity index (χ3n) is 2.74. The van der Waals surface area contributed by atoms with Gasteiger partial charge in [-0.25, -0.2) is 0 Å². The van der Waals surface area contributed by atoms with Crippen molar-refractivity contribution in [1.29, 1.82) is 0 Å². The molecule has 0 aliphatic carbocycles. The second-order valence-electron chi connectivity index (χ2n) is 5.10. The van der Waals surface area contributed by atoms with E-state index in [9.17, 15) is 4.79 Å². The van der Waals surface area contributed by atoms with Gasteiger partial charge in [0, 0.05) is 6.54 Å². The maximum atomic E-state index is 11.9. The summed E-state index contributed by atoms with van der Waals surface area (Å²) in [6.07, 6.45) is 0.790. The summed E-state index contributed by atoms with van der Waals surface area (Å²) < 4.78 is 0. The third-order valence-corrected chi connectivity index (χ3v) is 2.74. The van der Waals surface area contributed by atoms with Crippen LogP contribution in [0.15, 0.2) is 0 Å². The van der Waals surface area contributed by atoms with E-state index < -0.39 is 0 Å². The third kappa shape index (κ3) is 5.47. The van der Waals surface area contributed by atoms with Crippen molar-refractivity contribution in [2.45, 2.75) is 40.2 Å². The molecule has 0 saturated carbocycles. The molecule has 4 N–H and O–H groups in total. The zero-order valence-corrected chi connectivity index (χ0v) is 10.9. The van der Waals surface area contributed by atoms with Crippen LogP contribution >= 0.6 is 0 Å². The minimum atomic E-state index is -0.172. The molecule has 1 amide bonds. The Balaban J connectivity index is 4.29. The van der Waals surface area contributed by atoms with E-state index in [4.69, 9.17) is 10.8 Å². The molecule has 0 saturated heterocycles. The van der Waals surface area contributed by atoms with Crippen LogP contribution in [0.3, 0.4) is 0 Å². The number of amides is 1. The summed E-state index contributed by atoms with van der Waals surface area (Å²) in [4.78, 5) is 11.9. The van der Waals surface area contributed by atoms with E-state index in [1.807, 2.05) is 13.8 Å². The SMILES string of the molecule is CC(C)CC(CN)C(=O)N[C@H](CO)C(C)C. The van der Waals surface area contributed by atoms with Crippen molar-refractivity contribution >= 4 is 5.91 Å². The maximum Gasteiger partial charge on any atom is 0.224 e. The summed E-state index contributed by atoms with van der Waals surface area (Å²) >= 11 is 0. The van der Waals surface area contributed by atoms with Gasteiger partial charge in [0.2, 0.25) is 5.91 Å². The molecule has 0 spiro atoms. The van der Waals surface area contributed by atoms with Crippen molar-refractivity contribution in [1.82, 2.24) is 5.32 Å². The van der Waals surface area contributed by atoms with Gasteiger partial charge < -0.3 is 16.2 Å². The molecule has 0 heterocycles. The van der Waals surface area contributed by atoms with Crippen molar-refractivity contribution < 1.29 is 9.90 Å². The average molecular weight is 230 g/mol. The van der Waals surface area contributed by atoms with Gasteiger partial charge in [-0.15, -0.1) is 0 Å². The lowest BCUT2D eigenvalue weighted by atomic mass is 9.95. The van der Waals surface area contributed by atoms with Crippen molar-refractivity contribution in [3.63, 3.8) is 0 Å². The quantitative estimate of drug-likeness (QED) is 0.604. The Morgan fingerprint density at radius 1 is 1.31 bits per heavy atom. The fraction of sp³-hybridized carbons (Fsp3) is 0.917. The predicted molar refractivity (Wildman–Crippen MR) is 65.9 cm³/mol. The molecule has 0 aromatic heterocycles. The highest BCUT2D eigenvalue weighted by Crippen LogP contribution is 2.11. The second kappa shape index (κ2) is 7.63. The van der Waals surface area contributed by atoms with E-state index in [1.165, 1.54) is 0 Å². The number of nitrogens with two attached hydrogens (primary N) is 1. The van der Waals surface area contributed by atoms with Gasteiger partial charge in [0.05, 0.1) is 18.6 Å². The normalized spacial score (nSPS) is 15.2. The van der Waals surface area contributed by atoms with Crippen molar-refractivity contribution in [2.24, 2.45) is 23.5 Å². The molecule has 0 radical (unpaired) electrons. The summed E-state index contributed by atoms with van der Waals surface area (Å²) in [7, 11) is 0. The van der Waals surface area contributed by atoms with Crippen LogP contribution in [0.5, 0.6) is 0 Å². The zero-order chi connectivity index (χ0) is 12.7. The highest BCUT2D eigenvalue weighted by atomic mass is 16.3. The van der Waals surface area contributed by atoms with Gasteiger partial charge in [0.25, 0.3) is 0 Å². The van der Waals surface area contributed by atoms with E-state index >= 15 is 0 Å². The average Bonchev–Trinajstić information content (AvgIpc) is 2.21. The molecule has 2 atom stereocenters. The first kappa shape index (κ1) is 15.4. The van der Waals surface area contributed by atoms with Crippen LogP contribution < -0.4 is 11.1 Å². The number of carbonyl (C=O) groups is 1. The minimum absolute atomic E-state index is 0.0254. The lowest BCUT2D eigenvalue weighted by molar-refractivity contribution is -0.126. The topological polar surface area (TPSA) is 75.4 Å².